The zero-order chi connectivity index (χ0) is 37.5. The molecule has 2 aliphatic heterocycles. The number of ether oxygens (including phenoxy) is 2. The monoisotopic (exact) mass is 767 g/mol. The van der Waals surface area contributed by atoms with Gasteiger partial charge in [0.15, 0.2) is 5.75 Å². The van der Waals surface area contributed by atoms with E-state index >= 15 is 0 Å². The lowest BCUT2D eigenvalue weighted by Gasteiger charge is -2.32. The molecule has 0 spiro atoms. The van der Waals surface area contributed by atoms with Crippen LogP contribution in [-0.4, -0.2) is 89.4 Å². The molecule has 1 saturated heterocycles. The highest BCUT2D eigenvalue weighted by atomic mass is 35.5. The Morgan fingerprint density at radius 3 is 2.62 bits per heavy atom. The van der Waals surface area contributed by atoms with Crippen molar-refractivity contribution in [2.75, 3.05) is 6.54 Å². The number of rotatable bonds is 8. The molecule has 4 amide bonds. The van der Waals surface area contributed by atoms with Crippen molar-refractivity contribution in [2.45, 2.75) is 94.4 Å². The van der Waals surface area contributed by atoms with E-state index in [1.54, 1.807) is 19.1 Å². The molecule has 282 valence electrons. The molecule has 3 fully saturated rings. The van der Waals surface area contributed by atoms with E-state index in [0.717, 1.165) is 6.20 Å². The zero-order valence-corrected chi connectivity index (χ0v) is 30.0. The fourth-order valence-electron chi connectivity index (χ4n) is 7.27. The number of amides is 4. The predicted octanol–water partition coefficient (Wildman–Crippen LogP) is 3.97. The number of nitrogens with one attached hydrogen (secondary N) is 3. The van der Waals surface area contributed by atoms with E-state index in [9.17, 15) is 41.5 Å². The average molecular weight is 768 g/mol. The van der Waals surface area contributed by atoms with Gasteiger partial charge in [-0.2, -0.15) is 8.78 Å². The van der Waals surface area contributed by atoms with E-state index in [4.69, 9.17) is 16.3 Å². The Labute approximate surface area is 303 Å². The fraction of sp³-hybridized carbons (Fsp3) is 0.559. The Morgan fingerprint density at radius 2 is 1.92 bits per heavy atom. The number of alkyl halides is 2. The number of carbonyl (C=O) groups is 4. The summed E-state index contributed by atoms with van der Waals surface area (Å²) in [4.78, 5) is 59.5. The number of allylic oxidation sites excluding steroid dienone is 1. The quantitative estimate of drug-likeness (QED) is 0.286. The van der Waals surface area contributed by atoms with Crippen molar-refractivity contribution < 1.29 is 51.0 Å². The Hall–Kier alpha value is -4.25. The second-order valence-corrected chi connectivity index (χ2v) is 16.5. The number of carboxylic acid groups (broad SMARTS) is 1. The van der Waals surface area contributed by atoms with Crippen molar-refractivity contribution in [3.05, 3.63) is 41.6 Å². The summed E-state index contributed by atoms with van der Waals surface area (Å²) in [6.45, 7) is 0.361. The first kappa shape index (κ1) is 37.5. The van der Waals surface area contributed by atoms with E-state index in [1.165, 1.54) is 17.0 Å². The summed E-state index contributed by atoms with van der Waals surface area (Å²) in [7, 11) is -3.95. The number of nitrogens with zero attached hydrogens (tertiary/aromatic N) is 2. The van der Waals surface area contributed by atoms with Crippen LogP contribution in [0.3, 0.4) is 0 Å². The third-order valence-electron chi connectivity index (χ3n) is 10.2. The number of halogens is 3. The van der Waals surface area contributed by atoms with Gasteiger partial charge in [-0.3, -0.25) is 19.1 Å². The number of pyridine rings is 1. The standard InChI is InChI=1S/C34H40ClF2N5O9S/c1-17-6-3-4-7-19-14-34(19,31(45)41-52(48,49)21-10-11-21)40-28(43)24-13-20(16-42(24)30(44)27(18(2)12-17)39-33(46)47)50-29-22-8-5-9-23(35)26(22)25(15-38-29)51-32(36)37/h4-5,7-9,15,17-21,24,27,32,39H,3,6,10-14,16H2,1-2H3,(H,40,43)(H,41,45)(H,46,47)/t17-,18-,19-,20-,24+,27+,34-/m1/s1. The molecule has 18 heteroatoms. The first-order chi connectivity index (χ1) is 24.6. The molecule has 52 heavy (non-hydrogen) atoms. The van der Waals surface area contributed by atoms with Crippen LogP contribution in [0, 0.1) is 17.8 Å². The lowest BCUT2D eigenvalue weighted by Crippen LogP contribution is -2.59. The Balaban J connectivity index is 1.35. The van der Waals surface area contributed by atoms with Gasteiger partial charge < -0.3 is 30.1 Å². The molecule has 1 aromatic carbocycles. The van der Waals surface area contributed by atoms with Gasteiger partial charge in [0.25, 0.3) is 5.91 Å². The van der Waals surface area contributed by atoms with Gasteiger partial charge in [0.05, 0.1) is 23.0 Å². The number of fused-ring (bicyclic) bond motifs is 3. The molecular weight excluding hydrogens is 728 g/mol. The van der Waals surface area contributed by atoms with Crippen LogP contribution in [0.4, 0.5) is 13.6 Å². The van der Waals surface area contributed by atoms with Crippen LogP contribution in [0.1, 0.15) is 58.8 Å². The van der Waals surface area contributed by atoms with Crippen molar-refractivity contribution in [3.63, 3.8) is 0 Å². The van der Waals surface area contributed by atoms with Gasteiger partial charge in [-0.05, 0) is 62.5 Å². The molecule has 7 atom stereocenters. The fourth-order valence-corrected chi connectivity index (χ4v) is 8.90. The Morgan fingerprint density at radius 1 is 1.17 bits per heavy atom. The number of sulfonamides is 1. The van der Waals surface area contributed by atoms with E-state index in [1.807, 2.05) is 13.0 Å². The number of hydrogen-bond donors (Lipinski definition) is 4. The van der Waals surface area contributed by atoms with E-state index in [-0.39, 0.29) is 52.7 Å². The maximum absolute atomic E-state index is 14.3. The van der Waals surface area contributed by atoms with Gasteiger partial charge in [-0.1, -0.05) is 43.7 Å². The van der Waals surface area contributed by atoms with Crippen molar-refractivity contribution >= 4 is 56.2 Å². The topological polar surface area (TPSA) is 193 Å². The van der Waals surface area contributed by atoms with Crippen LogP contribution in [0.5, 0.6) is 11.6 Å². The van der Waals surface area contributed by atoms with Crippen LogP contribution >= 0.6 is 11.6 Å². The SMILES string of the molecule is C[C@@H]1CCC=C[C@@H]2C[C@@]2(C(=O)NS(=O)(=O)C2CC2)NC(=O)[C@@H]2C[C@@H](Oc3ncc(OC(F)F)c4c(Cl)cccc34)CN2C(=O)[C@@H](NC(=O)O)[C@H](C)C1. The van der Waals surface area contributed by atoms with Crippen molar-refractivity contribution in [3.8, 4) is 11.6 Å². The molecule has 0 radical (unpaired) electrons. The molecule has 14 nitrogen and oxygen atoms in total. The third kappa shape index (κ3) is 7.89. The van der Waals surface area contributed by atoms with E-state index < -0.39 is 81.3 Å². The highest BCUT2D eigenvalue weighted by Crippen LogP contribution is 2.46. The van der Waals surface area contributed by atoms with Gasteiger partial charge in [-0.15, -0.1) is 0 Å². The minimum absolute atomic E-state index is 0.0457. The van der Waals surface area contributed by atoms with Gasteiger partial charge in [0.2, 0.25) is 27.7 Å². The van der Waals surface area contributed by atoms with Crippen LogP contribution in [0.2, 0.25) is 5.02 Å². The number of hydrogen-bond acceptors (Lipinski definition) is 9. The Bertz CT molecular complexity index is 1900. The number of aromatic nitrogens is 1. The first-order valence-corrected chi connectivity index (χ1v) is 19.1. The molecular formula is C34H40ClF2N5O9S. The van der Waals surface area contributed by atoms with E-state index in [2.05, 4.69) is 25.1 Å². The molecule has 3 heterocycles. The third-order valence-corrected chi connectivity index (χ3v) is 12.3. The van der Waals surface area contributed by atoms with Gasteiger partial charge >= 0.3 is 12.7 Å². The molecule has 2 aliphatic carbocycles. The summed E-state index contributed by atoms with van der Waals surface area (Å²) < 4.78 is 64.9. The molecule has 0 unspecified atom stereocenters. The van der Waals surface area contributed by atoms with Gasteiger partial charge in [-0.25, -0.2) is 18.2 Å². The Kier molecular flexibility index (Phi) is 10.6. The van der Waals surface area contributed by atoms with Gasteiger partial charge in [0, 0.05) is 23.1 Å². The largest absolute Gasteiger partial charge is 0.472 e. The maximum atomic E-state index is 14.3. The van der Waals surface area contributed by atoms with Crippen LogP contribution in [-0.2, 0) is 24.4 Å². The summed E-state index contributed by atoms with van der Waals surface area (Å²) in [6, 6.07) is 2.04. The summed E-state index contributed by atoms with van der Waals surface area (Å²) in [5.74, 6) is -3.59. The molecule has 1 aromatic heterocycles. The second-order valence-electron chi connectivity index (χ2n) is 14.1. The van der Waals surface area contributed by atoms with Crippen molar-refractivity contribution in [2.24, 2.45) is 17.8 Å². The van der Waals surface area contributed by atoms with Crippen molar-refractivity contribution in [1.82, 2.24) is 25.2 Å². The van der Waals surface area contributed by atoms with Crippen LogP contribution in [0.15, 0.2) is 36.5 Å². The predicted molar refractivity (Wildman–Crippen MR) is 183 cm³/mol. The number of carbonyl (C=O) groups excluding carboxylic acids is 3. The second kappa shape index (κ2) is 14.6. The maximum Gasteiger partial charge on any atom is 0.405 e. The number of benzene rings is 1. The van der Waals surface area contributed by atoms with Crippen LogP contribution < -0.4 is 24.8 Å². The molecule has 0 bridgehead atoms. The summed E-state index contributed by atoms with van der Waals surface area (Å²) in [5, 5.41) is 14.5. The summed E-state index contributed by atoms with van der Waals surface area (Å²) >= 11 is 6.35. The molecule has 4 aliphatic rings. The summed E-state index contributed by atoms with van der Waals surface area (Å²) in [5.41, 5.74) is -1.60. The van der Waals surface area contributed by atoms with Crippen LogP contribution in [0.25, 0.3) is 10.8 Å². The van der Waals surface area contributed by atoms with Gasteiger partial charge in [0.1, 0.15) is 23.7 Å². The highest BCUT2D eigenvalue weighted by Gasteiger charge is 2.62. The lowest BCUT2D eigenvalue weighted by atomic mass is 9.88. The normalized spacial score (nSPS) is 29.7. The molecule has 2 saturated carbocycles. The zero-order valence-electron chi connectivity index (χ0n) is 28.4. The smallest absolute Gasteiger partial charge is 0.405 e. The molecule has 2 aromatic rings. The molecule has 6 rings (SSSR count). The molecule has 4 N–H and O–H groups in total. The first-order valence-electron chi connectivity index (χ1n) is 17.1. The minimum atomic E-state index is -3.95. The van der Waals surface area contributed by atoms with Crippen molar-refractivity contribution in [1.29, 1.82) is 0 Å². The van der Waals surface area contributed by atoms with E-state index in [0.29, 0.717) is 32.1 Å². The minimum Gasteiger partial charge on any atom is -0.472 e. The average Bonchev–Trinajstić information content (AvgIpc) is 3.99. The lowest BCUT2D eigenvalue weighted by molar-refractivity contribution is -0.142. The highest BCUT2D eigenvalue weighted by molar-refractivity contribution is 7.91. The summed E-state index contributed by atoms with van der Waals surface area (Å²) in [6.07, 6.45) is 4.96.